The molecule has 1 heterocycles. The maximum absolute atomic E-state index is 13.6. The number of nitrogens with two attached hydrogens (primary N) is 2. The van der Waals surface area contributed by atoms with Crippen molar-refractivity contribution in [2.75, 3.05) is 5.73 Å². The van der Waals surface area contributed by atoms with Crippen LogP contribution in [0.25, 0.3) is 0 Å². The van der Waals surface area contributed by atoms with E-state index in [9.17, 15) is 9.18 Å². The number of primary amides is 1. The number of hydrogen-bond acceptors (Lipinski definition) is 4. The first-order valence-corrected chi connectivity index (χ1v) is 6.00. The largest absolute Gasteiger partial charge is 0.485 e. The minimum Gasteiger partial charge on any atom is -0.485 e. The van der Waals surface area contributed by atoms with Crippen LogP contribution in [0.15, 0.2) is 29.6 Å². The quantitative estimate of drug-likeness (QED) is 0.832. The van der Waals surface area contributed by atoms with Gasteiger partial charge in [0.1, 0.15) is 6.61 Å². The van der Waals surface area contributed by atoms with Gasteiger partial charge in [0.05, 0.1) is 5.56 Å². The molecule has 0 aliphatic carbocycles. The van der Waals surface area contributed by atoms with Crippen LogP contribution in [-0.4, -0.2) is 5.91 Å². The molecular weight excluding hydrogens is 255 g/mol. The normalized spacial score (nSPS) is 10.3. The third-order valence-electron chi connectivity index (χ3n) is 2.32. The van der Waals surface area contributed by atoms with E-state index in [1.54, 1.807) is 0 Å². The molecule has 0 saturated carbocycles. The van der Waals surface area contributed by atoms with Crippen molar-refractivity contribution in [2.45, 2.75) is 6.61 Å². The van der Waals surface area contributed by atoms with Gasteiger partial charge < -0.3 is 16.2 Å². The number of amides is 1. The van der Waals surface area contributed by atoms with Gasteiger partial charge in [-0.2, -0.15) is 0 Å². The van der Waals surface area contributed by atoms with Gasteiger partial charge in [-0.05, 0) is 17.5 Å². The molecule has 0 radical (unpaired) electrons. The van der Waals surface area contributed by atoms with E-state index in [1.807, 2.05) is 17.5 Å². The van der Waals surface area contributed by atoms with Gasteiger partial charge in [-0.25, -0.2) is 4.39 Å². The zero-order chi connectivity index (χ0) is 13.1. The number of anilines is 1. The van der Waals surface area contributed by atoms with Crippen LogP contribution in [-0.2, 0) is 6.61 Å². The SMILES string of the molecule is NC(=O)c1cc(OCc2cccs2)c(F)cc1N. The Hall–Kier alpha value is -2.08. The zero-order valence-corrected chi connectivity index (χ0v) is 10.2. The summed E-state index contributed by atoms with van der Waals surface area (Å²) < 4.78 is 18.9. The van der Waals surface area contributed by atoms with Crippen molar-refractivity contribution in [3.05, 3.63) is 45.9 Å². The molecule has 1 amide bonds. The molecule has 18 heavy (non-hydrogen) atoms. The lowest BCUT2D eigenvalue weighted by molar-refractivity contribution is 0.100. The van der Waals surface area contributed by atoms with E-state index in [4.69, 9.17) is 16.2 Å². The molecule has 0 spiro atoms. The lowest BCUT2D eigenvalue weighted by Gasteiger charge is -2.09. The average Bonchev–Trinajstić information content (AvgIpc) is 2.80. The van der Waals surface area contributed by atoms with Gasteiger partial charge in [-0.15, -0.1) is 11.3 Å². The fourth-order valence-corrected chi connectivity index (χ4v) is 2.05. The number of ether oxygens (including phenoxy) is 1. The van der Waals surface area contributed by atoms with E-state index >= 15 is 0 Å². The van der Waals surface area contributed by atoms with Crippen LogP contribution >= 0.6 is 11.3 Å². The molecule has 1 aromatic carbocycles. The van der Waals surface area contributed by atoms with Crippen molar-refractivity contribution < 1.29 is 13.9 Å². The Labute approximate surface area is 107 Å². The van der Waals surface area contributed by atoms with Crippen molar-refractivity contribution in [3.63, 3.8) is 0 Å². The van der Waals surface area contributed by atoms with Crippen LogP contribution in [0.4, 0.5) is 10.1 Å². The van der Waals surface area contributed by atoms with Crippen LogP contribution < -0.4 is 16.2 Å². The van der Waals surface area contributed by atoms with E-state index in [2.05, 4.69) is 0 Å². The number of halogens is 1. The highest BCUT2D eigenvalue weighted by Crippen LogP contribution is 2.25. The summed E-state index contributed by atoms with van der Waals surface area (Å²) in [6, 6.07) is 6.00. The summed E-state index contributed by atoms with van der Waals surface area (Å²) in [6.45, 7) is 0.233. The predicted octanol–water partition coefficient (Wildman–Crippen LogP) is 2.15. The first kappa shape index (κ1) is 12.4. The van der Waals surface area contributed by atoms with Gasteiger partial charge in [0.2, 0.25) is 0 Å². The number of benzene rings is 1. The second-order valence-electron chi connectivity index (χ2n) is 3.60. The van der Waals surface area contributed by atoms with E-state index < -0.39 is 11.7 Å². The van der Waals surface area contributed by atoms with E-state index in [0.29, 0.717) is 0 Å². The van der Waals surface area contributed by atoms with Crippen LogP contribution in [0, 0.1) is 5.82 Å². The van der Waals surface area contributed by atoms with E-state index in [-0.39, 0.29) is 23.6 Å². The van der Waals surface area contributed by atoms with Crippen molar-refractivity contribution in [1.82, 2.24) is 0 Å². The predicted molar refractivity (Wildman–Crippen MR) is 68.0 cm³/mol. The minimum absolute atomic E-state index is 0.00322. The first-order chi connectivity index (χ1) is 8.58. The van der Waals surface area contributed by atoms with Crippen molar-refractivity contribution in [1.29, 1.82) is 0 Å². The van der Waals surface area contributed by atoms with Crippen molar-refractivity contribution in [2.24, 2.45) is 5.73 Å². The molecule has 94 valence electrons. The summed E-state index contributed by atoms with van der Waals surface area (Å²) in [5.41, 5.74) is 10.7. The molecular formula is C12H11FN2O2S. The molecule has 0 aliphatic rings. The molecule has 0 saturated heterocycles. The molecule has 4 N–H and O–H groups in total. The Morgan fingerprint density at radius 2 is 2.22 bits per heavy atom. The minimum atomic E-state index is -0.714. The van der Waals surface area contributed by atoms with Crippen LogP contribution in [0.2, 0.25) is 0 Å². The second-order valence-corrected chi connectivity index (χ2v) is 4.63. The first-order valence-electron chi connectivity index (χ1n) is 5.12. The molecule has 6 heteroatoms. The lowest BCUT2D eigenvalue weighted by Crippen LogP contribution is -2.14. The van der Waals surface area contributed by atoms with Crippen LogP contribution in [0.5, 0.6) is 5.75 Å². The van der Waals surface area contributed by atoms with Gasteiger partial charge in [-0.1, -0.05) is 6.07 Å². The highest BCUT2D eigenvalue weighted by atomic mass is 32.1. The fraction of sp³-hybridized carbons (Fsp3) is 0.0833. The molecule has 0 unspecified atom stereocenters. The third-order valence-corrected chi connectivity index (χ3v) is 3.17. The molecule has 0 bridgehead atoms. The van der Waals surface area contributed by atoms with E-state index in [0.717, 1.165) is 10.9 Å². The lowest BCUT2D eigenvalue weighted by atomic mass is 10.1. The number of nitrogen functional groups attached to an aromatic ring is 1. The summed E-state index contributed by atoms with van der Waals surface area (Å²) in [7, 11) is 0. The van der Waals surface area contributed by atoms with Gasteiger partial charge in [0, 0.05) is 16.6 Å². The molecule has 0 aliphatic heterocycles. The average molecular weight is 266 g/mol. The number of hydrogen-bond donors (Lipinski definition) is 2. The second kappa shape index (κ2) is 5.05. The molecule has 1 aromatic heterocycles. The number of carbonyl (C=O) groups is 1. The topological polar surface area (TPSA) is 78.3 Å². The Kier molecular flexibility index (Phi) is 3.47. The summed E-state index contributed by atoms with van der Waals surface area (Å²) in [6.07, 6.45) is 0. The Morgan fingerprint density at radius 1 is 1.44 bits per heavy atom. The molecule has 2 rings (SSSR count). The van der Waals surface area contributed by atoms with Crippen LogP contribution in [0.1, 0.15) is 15.2 Å². The number of carbonyl (C=O) groups excluding carboxylic acids is 1. The summed E-state index contributed by atoms with van der Waals surface area (Å²) >= 11 is 1.50. The monoisotopic (exact) mass is 266 g/mol. The Morgan fingerprint density at radius 3 is 2.83 bits per heavy atom. The number of rotatable bonds is 4. The van der Waals surface area contributed by atoms with Gasteiger partial charge >= 0.3 is 0 Å². The van der Waals surface area contributed by atoms with Gasteiger partial charge in [0.25, 0.3) is 5.91 Å². The van der Waals surface area contributed by atoms with Crippen molar-refractivity contribution >= 4 is 22.9 Å². The van der Waals surface area contributed by atoms with Gasteiger partial charge in [-0.3, -0.25) is 4.79 Å². The van der Waals surface area contributed by atoms with Crippen LogP contribution in [0.3, 0.4) is 0 Å². The summed E-state index contributed by atoms with van der Waals surface area (Å²) in [4.78, 5) is 12.0. The Bertz CT molecular complexity index is 570. The summed E-state index contributed by atoms with van der Waals surface area (Å²) in [5.74, 6) is -1.37. The standard InChI is InChI=1S/C12H11FN2O2S/c13-9-5-10(14)8(12(15)16)4-11(9)17-6-7-2-1-3-18-7/h1-5H,6,14H2,(H2,15,16). The summed E-state index contributed by atoms with van der Waals surface area (Å²) in [5, 5.41) is 1.90. The maximum Gasteiger partial charge on any atom is 0.250 e. The fourth-order valence-electron chi connectivity index (χ4n) is 1.44. The molecule has 0 atom stereocenters. The molecule has 0 fully saturated rings. The number of thiophene rings is 1. The molecule has 2 aromatic rings. The molecule has 4 nitrogen and oxygen atoms in total. The maximum atomic E-state index is 13.6. The zero-order valence-electron chi connectivity index (χ0n) is 9.35. The third kappa shape index (κ3) is 2.60. The highest BCUT2D eigenvalue weighted by Gasteiger charge is 2.13. The van der Waals surface area contributed by atoms with Gasteiger partial charge in [0.15, 0.2) is 11.6 Å². The van der Waals surface area contributed by atoms with E-state index in [1.165, 1.54) is 17.4 Å². The van der Waals surface area contributed by atoms with Crippen molar-refractivity contribution in [3.8, 4) is 5.75 Å². The Balaban J connectivity index is 2.22. The smallest absolute Gasteiger partial charge is 0.250 e. The highest BCUT2D eigenvalue weighted by molar-refractivity contribution is 7.09.